The van der Waals surface area contributed by atoms with Crippen LogP contribution in [-0.2, 0) is 30.3 Å². The van der Waals surface area contributed by atoms with Crippen LogP contribution in [0.1, 0.15) is 11.1 Å². The first kappa shape index (κ1) is 25.0. The topological polar surface area (TPSA) is 180 Å². The van der Waals surface area contributed by atoms with Crippen LogP contribution in [0.5, 0.6) is 23.0 Å². The molecule has 0 saturated heterocycles. The van der Waals surface area contributed by atoms with Crippen LogP contribution in [0, 0.1) is 0 Å². The first-order chi connectivity index (χ1) is 15.5. The number of carboxylic acid groups (broad SMARTS) is 1. The molecule has 11 heteroatoms. The second kappa shape index (κ2) is 10.4. The molecular formula is C22H22O11. The molecule has 11 nitrogen and oxygen atoms in total. The zero-order valence-corrected chi connectivity index (χ0v) is 17.6. The summed E-state index contributed by atoms with van der Waals surface area (Å²) >= 11 is 0. The third-order valence-corrected chi connectivity index (χ3v) is 4.58. The Balaban J connectivity index is 2.31. The van der Waals surface area contributed by atoms with Crippen LogP contribution in [0.4, 0.5) is 0 Å². The Morgan fingerprint density at radius 3 is 2.24 bits per heavy atom. The summed E-state index contributed by atoms with van der Waals surface area (Å²) in [6.07, 6.45) is -0.933. The Bertz CT molecular complexity index is 1080. The predicted octanol–water partition coefficient (Wildman–Crippen LogP) is 0.968. The SMILES string of the molecule is COC(=O)C(OC(=O)C=Cc1ccc(O)c(OC)c1)C(O)(Cc1ccc(O)c(O)c1)C(=O)O. The maximum Gasteiger partial charge on any atom is 0.350 e. The number of ether oxygens (including phenoxy) is 3. The Labute approximate surface area is 187 Å². The lowest BCUT2D eigenvalue weighted by Gasteiger charge is -2.30. The number of rotatable bonds is 9. The largest absolute Gasteiger partial charge is 0.504 e. The molecule has 0 amide bonds. The summed E-state index contributed by atoms with van der Waals surface area (Å²) in [4.78, 5) is 36.4. The van der Waals surface area contributed by atoms with Gasteiger partial charge in [-0.2, -0.15) is 0 Å². The number of hydrogen-bond acceptors (Lipinski definition) is 10. The lowest BCUT2D eigenvalue weighted by atomic mass is 9.88. The summed E-state index contributed by atoms with van der Waals surface area (Å²) in [5, 5.41) is 49.1. The van der Waals surface area contributed by atoms with Crippen LogP contribution >= 0.6 is 0 Å². The van der Waals surface area contributed by atoms with Gasteiger partial charge in [-0.15, -0.1) is 0 Å². The number of carboxylic acids is 1. The molecule has 33 heavy (non-hydrogen) atoms. The molecule has 5 N–H and O–H groups in total. The molecule has 2 unspecified atom stereocenters. The predicted molar refractivity (Wildman–Crippen MR) is 112 cm³/mol. The second-order valence-corrected chi connectivity index (χ2v) is 6.83. The molecule has 176 valence electrons. The van der Waals surface area contributed by atoms with Gasteiger partial charge >= 0.3 is 17.9 Å². The smallest absolute Gasteiger partial charge is 0.350 e. The molecule has 0 heterocycles. The van der Waals surface area contributed by atoms with Gasteiger partial charge in [0.2, 0.25) is 11.7 Å². The number of hydrogen-bond donors (Lipinski definition) is 5. The Morgan fingerprint density at radius 1 is 1.00 bits per heavy atom. The highest BCUT2D eigenvalue weighted by atomic mass is 16.6. The minimum atomic E-state index is -2.97. The van der Waals surface area contributed by atoms with Crippen LogP contribution < -0.4 is 4.74 Å². The lowest BCUT2D eigenvalue weighted by Crippen LogP contribution is -2.57. The van der Waals surface area contributed by atoms with Crippen LogP contribution in [0.15, 0.2) is 42.5 Å². The van der Waals surface area contributed by atoms with Crippen molar-refractivity contribution in [3.8, 4) is 23.0 Å². The fourth-order valence-electron chi connectivity index (χ4n) is 2.84. The van der Waals surface area contributed by atoms with Crippen LogP contribution in [0.3, 0.4) is 0 Å². The zero-order valence-electron chi connectivity index (χ0n) is 17.6. The van der Waals surface area contributed by atoms with E-state index in [9.17, 15) is 39.9 Å². The molecule has 0 radical (unpaired) electrons. The average molecular weight is 462 g/mol. The van der Waals surface area contributed by atoms with Gasteiger partial charge in [0.1, 0.15) is 0 Å². The van der Waals surface area contributed by atoms with E-state index in [0.29, 0.717) is 5.56 Å². The Hall–Kier alpha value is -4.25. The Morgan fingerprint density at radius 2 is 1.67 bits per heavy atom. The van der Waals surface area contributed by atoms with Crippen LogP contribution in [0.25, 0.3) is 6.08 Å². The molecule has 2 rings (SSSR count). The van der Waals surface area contributed by atoms with Gasteiger partial charge in [0.05, 0.1) is 14.2 Å². The van der Waals surface area contributed by atoms with Gasteiger partial charge in [0, 0.05) is 12.5 Å². The van der Waals surface area contributed by atoms with Crippen molar-refractivity contribution in [3.63, 3.8) is 0 Å². The molecule has 0 saturated carbocycles. The number of phenolic OH excluding ortho intramolecular Hbond substituents is 3. The number of phenols is 3. The third kappa shape index (κ3) is 5.92. The van der Waals surface area contributed by atoms with Crippen molar-refractivity contribution in [2.45, 2.75) is 18.1 Å². The van der Waals surface area contributed by atoms with Crippen molar-refractivity contribution in [1.82, 2.24) is 0 Å². The maximum absolute atomic E-state index is 12.3. The lowest BCUT2D eigenvalue weighted by molar-refractivity contribution is -0.193. The molecule has 0 aliphatic heterocycles. The molecule has 0 aromatic heterocycles. The van der Waals surface area contributed by atoms with Crippen molar-refractivity contribution >= 4 is 24.0 Å². The standard InChI is InChI=1S/C22H22O11/c1-31-17-10-12(3-7-15(17)24)5-8-18(26)33-19(20(27)32-2)22(30,21(28)29)11-13-4-6-14(23)16(25)9-13/h3-10,19,23-25,30H,11H2,1-2H3,(H,28,29). The number of aliphatic hydroxyl groups is 1. The quantitative estimate of drug-likeness (QED) is 0.203. The summed E-state index contributed by atoms with van der Waals surface area (Å²) in [6.45, 7) is 0. The summed E-state index contributed by atoms with van der Waals surface area (Å²) < 4.78 is 14.4. The van der Waals surface area contributed by atoms with Crippen molar-refractivity contribution in [1.29, 1.82) is 0 Å². The van der Waals surface area contributed by atoms with Gasteiger partial charge in [-0.05, 0) is 41.5 Å². The first-order valence-electron chi connectivity index (χ1n) is 9.32. The summed E-state index contributed by atoms with van der Waals surface area (Å²) in [7, 11) is 2.24. The molecule has 0 spiro atoms. The van der Waals surface area contributed by atoms with E-state index < -0.39 is 47.5 Å². The second-order valence-electron chi connectivity index (χ2n) is 6.83. The highest BCUT2D eigenvalue weighted by molar-refractivity contribution is 5.93. The fraction of sp³-hybridized carbons (Fsp3) is 0.227. The normalized spacial score (nSPS) is 13.7. The molecule has 0 aliphatic carbocycles. The van der Waals surface area contributed by atoms with E-state index >= 15 is 0 Å². The monoisotopic (exact) mass is 462 g/mol. The molecule has 2 aromatic carbocycles. The van der Waals surface area contributed by atoms with Crippen molar-refractivity contribution < 1.29 is 54.1 Å². The minimum absolute atomic E-state index is 0.0203. The van der Waals surface area contributed by atoms with Gasteiger partial charge < -0.3 is 39.7 Å². The van der Waals surface area contributed by atoms with Crippen LogP contribution in [0.2, 0.25) is 0 Å². The number of aliphatic carboxylic acids is 1. The zero-order chi connectivity index (χ0) is 24.8. The number of methoxy groups -OCH3 is 2. The fourth-order valence-corrected chi connectivity index (χ4v) is 2.84. The number of esters is 2. The third-order valence-electron chi connectivity index (χ3n) is 4.58. The van der Waals surface area contributed by atoms with Gasteiger partial charge in [-0.1, -0.05) is 12.1 Å². The number of carbonyl (C=O) groups excluding carboxylic acids is 2. The van der Waals surface area contributed by atoms with E-state index in [4.69, 9.17) is 9.47 Å². The van der Waals surface area contributed by atoms with E-state index in [2.05, 4.69) is 4.74 Å². The van der Waals surface area contributed by atoms with Gasteiger partial charge in [0.25, 0.3) is 0 Å². The van der Waals surface area contributed by atoms with E-state index in [1.165, 1.54) is 37.5 Å². The highest BCUT2D eigenvalue weighted by Crippen LogP contribution is 2.29. The van der Waals surface area contributed by atoms with Crippen molar-refractivity contribution in [2.75, 3.05) is 14.2 Å². The molecule has 2 atom stereocenters. The van der Waals surface area contributed by atoms with Gasteiger partial charge in [-0.3, -0.25) is 0 Å². The Kier molecular flexibility index (Phi) is 7.86. The van der Waals surface area contributed by atoms with Crippen molar-refractivity contribution in [3.05, 3.63) is 53.6 Å². The average Bonchev–Trinajstić information content (AvgIpc) is 2.78. The van der Waals surface area contributed by atoms with Crippen LogP contribution in [-0.4, -0.2) is 69.4 Å². The van der Waals surface area contributed by atoms with E-state index in [0.717, 1.165) is 25.3 Å². The molecule has 0 aliphatic rings. The number of carbonyl (C=O) groups is 3. The number of benzene rings is 2. The molecular weight excluding hydrogens is 440 g/mol. The van der Waals surface area contributed by atoms with Crippen molar-refractivity contribution in [2.24, 2.45) is 0 Å². The molecule has 2 aromatic rings. The highest BCUT2D eigenvalue weighted by Gasteiger charge is 2.52. The number of aromatic hydroxyl groups is 3. The summed E-state index contributed by atoms with van der Waals surface area (Å²) in [6, 6.07) is 7.42. The maximum atomic E-state index is 12.3. The summed E-state index contributed by atoms with van der Waals surface area (Å²) in [5.41, 5.74) is -2.54. The van der Waals surface area contributed by atoms with E-state index in [-0.39, 0.29) is 17.1 Å². The van der Waals surface area contributed by atoms with Gasteiger partial charge in [-0.25, -0.2) is 14.4 Å². The van der Waals surface area contributed by atoms with E-state index in [1.54, 1.807) is 0 Å². The minimum Gasteiger partial charge on any atom is -0.504 e. The van der Waals surface area contributed by atoms with Gasteiger partial charge in [0.15, 0.2) is 23.0 Å². The molecule has 0 fully saturated rings. The summed E-state index contributed by atoms with van der Waals surface area (Å²) in [5.74, 6) is -5.47. The molecule has 0 bridgehead atoms. The van der Waals surface area contributed by atoms with E-state index in [1.807, 2.05) is 0 Å². The first-order valence-corrected chi connectivity index (χ1v) is 9.32.